The summed E-state index contributed by atoms with van der Waals surface area (Å²) in [6, 6.07) is 18.6. The molecule has 2 aromatic rings. The van der Waals surface area contributed by atoms with Crippen LogP contribution in [0.25, 0.3) is 0 Å². The quantitative estimate of drug-likeness (QED) is 0.736. The van der Waals surface area contributed by atoms with Crippen LogP contribution in [-0.2, 0) is 4.79 Å². The number of aliphatic hydroxyl groups excluding tert-OH is 1. The molecule has 0 saturated carbocycles. The number of hydrogen-bond donors (Lipinski definition) is 3. The van der Waals surface area contributed by atoms with Crippen molar-refractivity contribution in [3.05, 3.63) is 66.2 Å². The molecule has 2 atom stereocenters. The zero-order valence-corrected chi connectivity index (χ0v) is 12.7. The van der Waals surface area contributed by atoms with E-state index in [2.05, 4.69) is 10.6 Å². The minimum Gasteiger partial charge on any atom is -0.387 e. The maximum atomic E-state index is 12.2. The summed E-state index contributed by atoms with van der Waals surface area (Å²) in [4.78, 5) is 12.2. The van der Waals surface area contributed by atoms with Gasteiger partial charge in [-0.3, -0.25) is 4.79 Å². The summed E-state index contributed by atoms with van der Waals surface area (Å²) < 4.78 is 0. The van der Waals surface area contributed by atoms with E-state index >= 15 is 0 Å². The zero-order chi connectivity index (χ0) is 15.8. The third-order valence-electron chi connectivity index (χ3n) is 3.49. The van der Waals surface area contributed by atoms with Crippen molar-refractivity contribution in [3.8, 4) is 0 Å². The Balaban J connectivity index is 1.87. The SMILES string of the molecule is CC[C@@H](Nc1ccccc1)C(=O)NC[C@H](O)c1ccccc1. The van der Waals surface area contributed by atoms with E-state index < -0.39 is 6.10 Å². The Kier molecular flexibility index (Phi) is 5.98. The number of benzene rings is 2. The predicted octanol–water partition coefficient (Wildman–Crippen LogP) is 2.73. The number of para-hydroxylation sites is 1. The van der Waals surface area contributed by atoms with Crippen LogP contribution in [0.1, 0.15) is 25.0 Å². The van der Waals surface area contributed by atoms with Gasteiger partial charge in [0.2, 0.25) is 5.91 Å². The second kappa shape index (κ2) is 8.20. The van der Waals surface area contributed by atoms with Crippen LogP contribution in [0, 0.1) is 0 Å². The molecule has 1 amide bonds. The Labute approximate surface area is 131 Å². The van der Waals surface area contributed by atoms with Gasteiger partial charge >= 0.3 is 0 Å². The Morgan fingerprint density at radius 1 is 1.05 bits per heavy atom. The first-order valence-corrected chi connectivity index (χ1v) is 7.53. The molecule has 0 unspecified atom stereocenters. The van der Waals surface area contributed by atoms with Gasteiger partial charge in [-0.15, -0.1) is 0 Å². The van der Waals surface area contributed by atoms with Crippen molar-refractivity contribution in [2.75, 3.05) is 11.9 Å². The molecule has 22 heavy (non-hydrogen) atoms. The highest BCUT2D eigenvalue weighted by Crippen LogP contribution is 2.12. The first-order chi connectivity index (χ1) is 10.7. The van der Waals surface area contributed by atoms with Crippen LogP contribution in [0.3, 0.4) is 0 Å². The fraction of sp³-hybridized carbons (Fsp3) is 0.278. The molecule has 0 spiro atoms. The minimum atomic E-state index is -0.695. The third kappa shape index (κ3) is 4.60. The van der Waals surface area contributed by atoms with E-state index in [0.717, 1.165) is 11.3 Å². The van der Waals surface area contributed by atoms with Gasteiger partial charge < -0.3 is 15.7 Å². The number of amides is 1. The Morgan fingerprint density at radius 3 is 2.23 bits per heavy atom. The third-order valence-corrected chi connectivity index (χ3v) is 3.49. The molecule has 4 nitrogen and oxygen atoms in total. The van der Waals surface area contributed by atoms with Crippen molar-refractivity contribution in [1.29, 1.82) is 0 Å². The summed E-state index contributed by atoms with van der Waals surface area (Å²) in [5.41, 5.74) is 1.71. The van der Waals surface area contributed by atoms with Crippen molar-refractivity contribution < 1.29 is 9.90 Å². The topological polar surface area (TPSA) is 61.4 Å². The Hall–Kier alpha value is -2.33. The largest absolute Gasteiger partial charge is 0.387 e. The van der Waals surface area contributed by atoms with Gasteiger partial charge in [-0.05, 0) is 24.1 Å². The van der Waals surface area contributed by atoms with Crippen molar-refractivity contribution in [1.82, 2.24) is 5.32 Å². The highest BCUT2D eigenvalue weighted by Gasteiger charge is 2.17. The van der Waals surface area contributed by atoms with Crippen molar-refractivity contribution in [2.45, 2.75) is 25.5 Å². The lowest BCUT2D eigenvalue weighted by atomic mass is 10.1. The average molecular weight is 298 g/mol. The number of nitrogens with one attached hydrogen (secondary N) is 2. The van der Waals surface area contributed by atoms with Crippen molar-refractivity contribution in [3.63, 3.8) is 0 Å². The number of rotatable bonds is 7. The highest BCUT2D eigenvalue weighted by molar-refractivity contribution is 5.84. The normalized spacial score (nSPS) is 13.2. The smallest absolute Gasteiger partial charge is 0.242 e. The van der Waals surface area contributed by atoms with E-state index in [9.17, 15) is 9.90 Å². The van der Waals surface area contributed by atoms with E-state index in [1.807, 2.05) is 67.6 Å². The number of carbonyl (C=O) groups is 1. The molecule has 3 N–H and O–H groups in total. The lowest BCUT2D eigenvalue weighted by Gasteiger charge is -2.19. The summed E-state index contributed by atoms with van der Waals surface area (Å²) in [6.07, 6.45) is -0.0262. The number of aliphatic hydroxyl groups is 1. The van der Waals surface area contributed by atoms with Crippen LogP contribution in [0.4, 0.5) is 5.69 Å². The van der Waals surface area contributed by atoms with Crippen molar-refractivity contribution in [2.24, 2.45) is 0 Å². The fourth-order valence-electron chi connectivity index (χ4n) is 2.20. The molecule has 0 aliphatic carbocycles. The number of carbonyl (C=O) groups excluding carboxylic acids is 1. The van der Waals surface area contributed by atoms with Crippen LogP contribution in [0.5, 0.6) is 0 Å². The molecule has 0 saturated heterocycles. The molecule has 0 aliphatic rings. The lowest BCUT2D eigenvalue weighted by Crippen LogP contribution is -2.40. The van der Waals surface area contributed by atoms with Crippen LogP contribution in [0.15, 0.2) is 60.7 Å². The molecule has 0 aromatic heterocycles. The Bertz CT molecular complexity index is 572. The number of hydrogen-bond acceptors (Lipinski definition) is 3. The molecule has 2 aromatic carbocycles. The molecule has 4 heteroatoms. The summed E-state index contributed by atoms with van der Waals surface area (Å²) in [5.74, 6) is -0.110. The first-order valence-electron chi connectivity index (χ1n) is 7.53. The maximum absolute atomic E-state index is 12.2. The van der Waals surface area contributed by atoms with Crippen LogP contribution >= 0.6 is 0 Å². The minimum absolute atomic E-state index is 0.110. The summed E-state index contributed by atoms with van der Waals surface area (Å²) in [6.45, 7) is 2.16. The van der Waals surface area contributed by atoms with Crippen LogP contribution in [0.2, 0.25) is 0 Å². The molecule has 0 bridgehead atoms. The first kappa shape index (κ1) is 16.0. The predicted molar refractivity (Wildman–Crippen MR) is 88.6 cm³/mol. The molecule has 0 aliphatic heterocycles. The molecule has 116 valence electrons. The van der Waals surface area contributed by atoms with E-state index in [1.54, 1.807) is 0 Å². The van der Waals surface area contributed by atoms with Crippen LogP contribution < -0.4 is 10.6 Å². The molecule has 0 fully saturated rings. The van der Waals surface area contributed by atoms with E-state index in [4.69, 9.17) is 0 Å². The Morgan fingerprint density at radius 2 is 1.64 bits per heavy atom. The molecular formula is C18H22N2O2. The molecular weight excluding hydrogens is 276 g/mol. The fourth-order valence-corrected chi connectivity index (χ4v) is 2.20. The zero-order valence-electron chi connectivity index (χ0n) is 12.7. The average Bonchev–Trinajstić information content (AvgIpc) is 2.59. The van der Waals surface area contributed by atoms with Crippen LogP contribution in [-0.4, -0.2) is 23.6 Å². The summed E-state index contributed by atoms with van der Waals surface area (Å²) in [7, 11) is 0. The van der Waals surface area contributed by atoms with E-state index in [0.29, 0.717) is 6.42 Å². The van der Waals surface area contributed by atoms with E-state index in [-0.39, 0.29) is 18.5 Å². The van der Waals surface area contributed by atoms with Gasteiger partial charge in [0, 0.05) is 12.2 Å². The van der Waals surface area contributed by atoms with Gasteiger partial charge in [0.05, 0.1) is 6.10 Å². The maximum Gasteiger partial charge on any atom is 0.242 e. The molecule has 0 heterocycles. The molecule has 0 radical (unpaired) electrons. The second-order valence-electron chi connectivity index (χ2n) is 5.14. The van der Waals surface area contributed by atoms with Gasteiger partial charge in [0.15, 0.2) is 0 Å². The monoisotopic (exact) mass is 298 g/mol. The van der Waals surface area contributed by atoms with Gasteiger partial charge in [0.1, 0.15) is 6.04 Å². The van der Waals surface area contributed by atoms with E-state index in [1.165, 1.54) is 0 Å². The summed E-state index contributed by atoms with van der Waals surface area (Å²) in [5, 5.41) is 16.1. The van der Waals surface area contributed by atoms with Gasteiger partial charge in [-0.2, -0.15) is 0 Å². The van der Waals surface area contributed by atoms with Crippen molar-refractivity contribution >= 4 is 11.6 Å². The summed E-state index contributed by atoms with van der Waals surface area (Å²) >= 11 is 0. The standard InChI is InChI=1S/C18H22N2O2/c1-2-16(20-15-11-7-4-8-12-15)18(22)19-13-17(21)14-9-5-3-6-10-14/h3-12,16-17,20-21H,2,13H2,1H3,(H,19,22)/t16-,17+/m1/s1. The van der Waals surface area contributed by atoms with Gasteiger partial charge in [0.25, 0.3) is 0 Å². The molecule has 2 rings (SSSR count). The lowest BCUT2D eigenvalue weighted by molar-refractivity contribution is -0.122. The second-order valence-corrected chi connectivity index (χ2v) is 5.14. The van der Waals surface area contributed by atoms with Gasteiger partial charge in [-0.25, -0.2) is 0 Å². The highest BCUT2D eigenvalue weighted by atomic mass is 16.3. The number of anilines is 1. The van der Waals surface area contributed by atoms with Gasteiger partial charge in [-0.1, -0.05) is 55.5 Å².